The number of halogens is 3. The Morgan fingerprint density at radius 3 is 2.36 bits per heavy atom. The molecular weight excluding hydrogens is 453 g/mol. The van der Waals surface area contributed by atoms with E-state index in [0.29, 0.717) is 34.9 Å². The molecule has 0 aliphatic carbocycles. The van der Waals surface area contributed by atoms with Gasteiger partial charge in [0, 0.05) is 18.0 Å². The third-order valence-electron chi connectivity index (χ3n) is 5.11. The second kappa shape index (κ2) is 8.55. The first-order valence-electron chi connectivity index (χ1n) is 10.2. The van der Waals surface area contributed by atoms with Crippen molar-refractivity contribution in [1.29, 1.82) is 0 Å². The molecule has 2 heterocycles. The maximum atomic E-state index is 13.5. The Morgan fingerprint density at radius 1 is 1.00 bits per heavy atom. The van der Waals surface area contributed by atoms with Crippen LogP contribution < -0.4 is 4.74 Å². The van der Waals surface area contributed by atoms with Gasteiger partial charge in [0.15, 0.2) is 9.84 Å². The van der Waals surface area contributed by atoms with Crippen LogP contribution >= 0.6 is 0 Å². The van der Waals surface area contributed by atoms with Crippen molar-refractivity contribution in [3.05, 3.63) is 78.1 Å². The lowest BCUT2D eigenvalue weighted by atomic mass is 10.1. The van der Waals surface area contributed by atoms with Crippen LogP contribution in [0.15, 0.2) is 71.8 Å². The third kappa shape index (κ3) is 4.73. The van der Waals surface area contributed by atoms with E-state index in [2.05, 4.69) is 4.98 Å². The fourth-order valence-corrected chi connectivity index (χ4v) is 4.29. The second-order valence-electron chi connectivity index (χ2n) is 7.64. The molecular formula is C24H21F3N2O3S. The zero-order valence-electron chi connectivity index (χ0n) is 17.9. The van der Waals surface area contributed by atoms with Crippen molar-refractivity contribution < 1.29 is 26.3 Å². The van der Waals surface area contributed by atoms with E-state index in [1.807, 2.05) is 6.92 Å². The molecule has 0 spiro atoms. The number of hydrogen-bond acceptors (Lipinski definition) is 4. The quantitative estimate of drug-likeness (QED) is 0.335. The summed E-state index contributed by atoms with van der Waals surface area (Å²) in [7, 11) is -3.37. The smallest absolute Gasteiger partial charge is 0.419 e. The van der Waals surface area contributed by atoms with Gasteiger partial charge in [-0.15, -0.1) is 0 Å². The van der Waals surface area contributed by atoms with Gasteiger partial charge < -0.3 is 4.74 Å². The second-order valence-corrected chi connectivity index (χ2v) is 9.66. The molecule has 4 rings (SSSR count). The normalized spacial score (nSPS) is 12.3. The Morgan fingerprint density at radius 2 is 1.73 bits per heavy atom. The van der Waals surface area contributed by atoms with Crippen LogP contribution in [-0.4, -0.2) is 24.1 Å². The third-order valence-corrected chi connectivity index (χ3v) is 6.22. The number of pyridine rings is 1. The lowest BCUT2D eigenvalue weighted by Crippen LogP contribution is -2.07. The van der Waals surface area contributed by atoms with Gasteiger partial charge in [-0.3, -0.25) is 4.40 Å². The molecule has 172 valence electrons. The molecule has 9 heteroatoms. The average molecular weight is 475 g/mol. The minimum absolute atomic E-state index is 0.124. The van der Waals surface area contributed by atoms with Crippen molar-refractivity contribution in [1.82, 2.24) is 9.38 Å². The molecule has 2 aromatic heterocycles. The number of rotatable bonds is 6. The van der Waals surface area contributed by atoms with E-state index >= 15 is 0 Å². The Hall–Kier alpha value is -3.33. The van der Waals surface area contributed by atoms with Crippen LogP contribution in [0.4, 0.5) is 13.2 Å². The molecule has 0 amide bonds. The summed E-state index contributed by atoms with van der Waals surface area (Å²) in [6.45, 7) is 1.94. The number of aromatic nitrogens is 2. The molecule has 5 nitrogen and oxygen atoms in total. The molecule has 0 aliphatic heterocycles. The van der Waals surface area contributed by atoms with Crippen LogP contribution in [-0.2, 0) is 22.4 Å². The first-order valence-corrected chi connectivity index (χ1v) is 12.1. The van der Waals surface area contributed by atoms with E-state index in [1.165, 1.54) is 22.6 Å². The van der Waals surface area contributed by atoms with Gasteiger partial charge in [0.1, 0.15) is 17.1 Å². The fraction of sp³-hybridized carbons (Fsp3) is 0.208. The number of benzene rings is 2. The summed E-state index contributed by atoms with van der Waals surface area (Å²) in [6, 6.07) is 15.4. The van der Waals surface area contributed by atoms with Gasteiger partial charge >= 0.3 is 6.18 Å². The van der Waals surface area contributed by atoms with E-state index in [0.717, 1.165) is 18.7 Å². The van der Waals surface area contributed by atoms with Crippen LogP contribution in [0.5, 0.6) is 11.5 Å². The lowest BCUT2D eigenvalue weighted by molar-refractivity contribution is -0.136. The highest BCUT2D eigenvalue weighted by Gasteiger charge is 2.34. The van der Waals surface area contributed by atoms with E-state index in [4.69, 9.17) is 4.74 Å². The number of imidazole rings is 1. The van der Waals surface area contributed by atoms with Gasteiger partial charge in [0.2, 0.25) is 0 Å². The number of alkyl halides is 3. The van der Waals surface area contributed by atoms with Gasteiger partial charge in [-0.2, -0.15) is 13.2 Å². The SMILES string of the molecule is CCCc1nc2c(C(F)(F)F)cccn2c1-c1ccc(Oc2cccc(S(C)(=O)=O)c2)cc1. The van der Waals surface area contributed by atoms with Gasteiger partial charge in [-0.05, 0) is 61.0 Å². The van der Waals surface area contributed by atoms with Crippen LogP contribution in [0, 0.1) is 0 Å². The number of hydrogen-bond donors (Lipinski definition) is 0. The number of ether oxygens (including phenoxy) is 1. The van der Waals surface area contributed by atoms with Crippen molar-refractivity contribution in [2.75, 3.05) is 6.26 Å². The molecule has 0 fully saturated rings. The molecule has 0 aliphatic rings. The predicted octanol–water partition coefficient (Wildman–Crippen LogP) is 6.17. The first kappa shape index (κ1) is 22.8. The monoisotopic (exact) mass is 474 g/mol. The zero-order valence-corrected chi connectivity index (χ0v) is 18.7. The maximum Gasteiger partial charge on any atom is 0.419 e. The highest BCUT2D eigenvalue weighted by molar-refractivity contribution is 7.90. The number of sulfone groups is 1. The van der Waals surface area contributed by atoms with E-state index < -0.39 is 21.6 Å². The standard InChI is InChI=1S/C24H21F3N2O3S/c1-3-6-21-22(29-14-5-9-20(23(29)28-21)24(25,26)27)16-10-12-17(13-11-16)32-18-7-4-8-19(15-18)33(2,30)31/h4-5,7-15H,3,6H2,1-2H3. The van der Waals surface area contributed by atoms with E-state index in [-0.39, 0.29) is 10.5 Å². The summed E-state index contributed by atoms with van der Waals surface area (Å²) in [5.74, 6) is 0.827. The van der Waals surface area contributed by atoms with Crippen molar-refractivity contribution in [3.63, 3.8) is 0 Å². The summed E-state index contributed by atoms with van der Waals surface area (Å²) < 4.78 is 71.3. The number of nitrogens with zero attached hydrogens (tertiary/aromatic N) is 2. The first-order chi connectivity index (χ1) is 15.6. The summed E-state index contributed by atoms with van der Waals surface area (Å²) in [5.41, 5.74) is 0.982. The Balaban J connectivity index is 1.72. The zero-order chi connectivity index (χ0) is 23.8. The van der Waals surface area contributed by atoms with Crippen LogP contribution in [0.1, 0.15) is 24.6 Å². The van der Waals surface area contributed by atoms with Crippen LogP contribution in [0.3, 0.4) is 0 Å². The summed E-state index contributed by atoms with van der Waals surface area (Å²) in [6.07, 6.45) is -0.546. The van der Waals surface area contributed by atoms with Crippen molar-refractivity contribution in [2.45, 2.75) is 30.8 Å². The summed E-state index contributed by atoms with van der Waals surface area (Å²) in [5, 5.41) is 0. The highest BCUT2D eigenvalue weighted by Crippen LogP contribution is 2.36. The van der Waals surface area contributed by atoms with Crippen LogP contribution in [0.2, 0.25) is 0 Å². The largest absolute Gasteiger partial charge is 0.457 e. The molecule has 0 saturated heterocycles. The lowest BCUT2D eigenvalue weighted by Gasteiger charge is -2.10. The van der Waals surface area contributed by atoms with Crippen LogP contribution in [0.25, 0.3) is 16.9 Å². The summed E-state index contributed by atoms with van der Waals surface area (Å²) >= 11 is 0. The van der Waals surface area contributed by atoms with Gasteiger partial charge in [0.05, 0.1) is 21.8 Å². The van der Waals surface area contributed by atoms with Gasteiger partial charge in [-0.25, -0.2) is 13.4 Å². The molecule has 2 aromatic carbocycles. The Labute approximate surface area is 189 Å². The average Bonchev–Trinajstić information content (AvgIpc) is 3.11. The van der Waals surface area contributed by atoms with E-state index in [9.17, 15) is 21.6 Å². The van der Waals surface area contributed by atoms with Crippen molar-refractivity contribution >= 4 is 15.5 Å². The number of aryl methyl sites for hydroxylation is 1. The Bertz CT molecular complexity index is 1410. The minimum atomic E-state index is -4.51. The molecule has 0 unspecified atom stereocenters. The van der Waals surface area contributed by atoms with E-state index in [1.54, 1.807) is 42.6 Å². The van der Waals surface area contributed by atoms with Crippen molar-refractivity contribution in [2.24, 2.45) is 0 Å². The maximum absolute atomic E-state index is 13.5. The Kier molecular flexibility index (Phi) is 5.92. The molecule has 0 bridgehead atoms. The predicted molar refractivity (Wildman–Crippen MR) is 119 cm³/mol. The molecule has 0 saturated carbocycles. The molecule has 0 radical (unpaired) electrons. The highest BCUT2D eigenvalue weighted by atomic mass is 32.2. The molecule has 33 heavy (non-hydrogen) atoms. The van der Waals surface area contributed by atoms with Gasteiger partial charge in [0.25, 0.3) is 0 Å². The van der Waals surface area contributed by atoms with Gasteiger partial charge in [-0.1, -0.05) is 19.4 Å². The van der Waals surface area contributed by atoms with Crippen molar-refractivity contribution in [3.8, 4) is 22.8 Å². The molecule has 4 aromatic rings. The molecule has 0 N–H and O–H groups in total. The molecule has 0 atom stereocenters. The number of fused-ring (bicyclic) bond motifs is 1. The minimum Gasteiger partial charge on any atom is -0.457 e. The fourth-order valence-electron chi connectivity index (χ4n) is 3.64. The topological polar surface area (TPSA) is 60.7 Å². The summed E-state index contributed by atoms with van der Waals surface area (Å²) in [4.78, 5) is 4.47.